The minimum Gasteiger partial charge on any atom is -0.347 e. The van der Waals surface area contributed by atoms with Crippen LogP contribution in [-0.2, 0) is 4.79 Å². The molecule has 0 bridgehead atoms. The number of nitrogens with one attached hydrogen (secondary N) is 1. The van der Waals surface area contributed by atoms with E-state index >= 15 is 0 Å². The average Bonchev–Trinajstić information content (AvgIpc) is 2.51. The summed E-state index contributed by atoms with van der Waals surface area (Å²) in [6.45, 7) is 0.321. The Morgan fingerprint density at radius 1 is 1.42 bits per heavy atom. The van der Waals surface area contributed by atoms with Gasteiger partial charge in [0.15, 0.2) is 0 Å². The number of aromatic nitrogens is 1. The fourth-order valence-corrected chi connectivity index (χ4v) is 0.757. The average molecular weight is 167 g/mol. The molecule has 1 amide bonds. The van der Waals surface area contributed by atoms with Gasteiger partial charge in [0.2, 0.25) is 5.91 Å². The molecule has 0 spiro atoms. The summed E-state index contributed by atoms with van der Waals surface area (Å²) < 4.78 is 1.75. The smallest absolute Gasteiger partial charge is 0.243 e. The Kier molecular flexibility index (Phi) is 2.74. The maximum absolute atomic E-state index is 11.1. The minimum absolute atomic E-state index is 0.0590. The molecule has 0 unspecified atom stereocenters. The summed E-state index contributed by atoms with van der Waals surface area (Å²) in [5.41, 5.74) is 2.93. The molecular weight excluding hydrogens is 154 g/mol. The molecule has 0 saturated carbocycles. The molecule has 0 saturated heterocycles. The molecule has 4 heteroatoms. The topological polar surface area (TPSA) is 37.3 Å². The van der Waals surface area contributed by atoms with Gasteiger partial charge >= 0.3 is 0 Å². The summed E-state index contributed by atoms with van der Waals surface area (Å²) in [6.07, 6.45) is 3.70. The van der Waals surface area contributed by atoms with Crippen LogP contribution in [0.2, 0.25) is 0 Å². The first-order chi connectivity index (χ1) is 5.70. The van der Waals surface area contributed by atoms with Crippen molar-refractivity contribution in [3.05, 3.63) is 24.5 Å². The number of likely N-dealkylation sites (N-methyl/N-ethyl adjacent to an activating group) is 1. The molecule has 0 aliphatic heterocycles. The van der Waals surface area contributed by atoms with Gasteiger partial charge in [0.25, 0.3) is 0 Å². The first kappa shape index (κ1) is 8.64. The van der Waals surface area contributed by atoms with E-state index < -0.39 is 0 Å². The van der Waals surface area contributed by atoms with Gasteiger partial charge in [-0.2, -0.15) is 0 Å². The zero-order chi connectivity index (χ0) is 8.97. The van der Waals surface area contributed by atoms with Crippen LogP contribution in [0.25, 0.3) is 0 Å². The van der Waals surface area contributed by atoms with Crippen LogP contribution in [-0.4, -0.2) is 36.1 Å². The fourth-order valence-electron chi connectivity index (χ4n) is 0.757. The largest absolute Gasteiger partial charge is 0.347 e. The minimum atomic E-state index is 0.0590. The van der Waals surface area contributed by atoms with Gasteiger partial charge in [-0.1, -0.05) is 0 Å². The third-order valence-corrected chi connectivity index (χ3v) is 1.52. The zero-order valence-electron chi connectivity index (χ0n) is 7.32. The summed E-state index contributed by atoms with van der Waals surface area (Å²) >= 11 is 0. The molecule has 0 fully saturated rings. The Labute approximate surface area is 71.8 Å². The van der Waals surface area contributed by atoms with Crippen LogP contribution in [0.4, 0.5) is 0 Å². The second kappa shape index (κ2) is 3.80. The maximum atomic E-state index is 11.1. The van der Waals surface area contributed by atoms with Crippen molar-refractivity contribution in [2.45, 2.75) is 0 Å². The van der Waals surface area contributed by atoms with Crippen molar-refractivity contribution in [2.75, 3.05) is 26.1 Å². The highest BCUT2D eigenvalue weighted by Gasteiger charge is 2.01. The van der Waals surface area contributed by atoms with E-state index in [1.54, 1.807) is 23.7 Å². The van der Waals surface area contributed by atoms with Crippen molar-refractivity contribution >= 4 is 5.91 Å². The summed E-state index contributed by atoms with van der Waals surface area (Å²) in [4.78, 5) is 12.6. The van der Waals surface area contributed by atoms with E-state index in [0.29, 0.717) is 6.54 Å². The standard InChI is InChI=1S/C8H13N3O/c1-10(2)8(12)7-9-11-5-3-4-6-11/h3-6,9H,7H2,1-2H3. The second-order valence-electron chi connectivity index (χ2n) is 2.71. The lowest BCUT2D eigenvalue weighted by molar-refractivity contribution is -0.126. The zero-order valence-corrected chi connectivity index (χ0v) is 7.32. The highest BCUT2D eigenvalue weighted by molar-refractivity contribution is 5.78. The Morgan fingerprint density at radius 2 is 2.00 bits per heavy atom. The lowest BCUT2D eigenvalue weighted by Gasteiger charge is -2.11. The van der Waals surface area contributed by atoms with E-state index in [1.807, 2.05) is 24.5 Å². The fraction of sp³-hybridized carbons (Fsp3) is 0.375. The van der Waals surface area contributed by atoms with Crippen LogP contribution in [0.15, 0.2) is 24.5 Å². The van der Waals surface area contributed by atoms with Crippen LogP contribution in [0.3, 0.4) is 0 Å². The summed E-state index contributed by atoms with van der Waals surface area (Å²) in [5.74, 6) is 0.0590. The Hall–Kier alpha value is -1.45. The van der Waals surface area contributed by atoms with Gasteiger partial charge in [-0.05, 0) is 12.1 Å². The van der Waals surface area contributed by atoms with Gasteiger partial charge in [-0.15, -0.1) is 0 Å². The third kappa shape index (κ3) is 2.30. The van der Waals surface area contributed by atoms with Gasteiger partial charge in [-0.3, -0.25) is 9.47 Å². The summed E-state index contributed by atoms with van der Waals surface area (Å²) in [6, 6.07) is 3.79. The molecule has 1 aromatic heterocycles. The van der Waals surface area contributed by atoms with Crippen molar-refractivity contribution in [3.63, 3.8) is 0 Å². The molecule has 4 nitrogen and oxygen atoms in total. The third-order valence-electron chi connectivity index (χ3n) is 1.52. The molecule has 0 aliphatic rings. The maximum Gasteiger partial charge on any atom is 0.243 e. The monoisotopic (exact) mass is 167 g/mol. The van der Waals surface area contributed by atoms with Crippen molar-refractivity contribution in [1.82, 2.24) is 9.58 Å². The van der Waals surface area contributed by atoms with Crippen molar-refractivity contribution in [1.29, 1.82) is 0 Å². The predicted molar refractivity (Wildman–Crippen MR) is 47.4 cm³/mol. The van der Waals surface area contributed by atoms with Gasteiger partial charge < -0.3 is 10.3 Å². The molecule has 1 aromatic rings. The van der Waals surface area contributed by atoms with Gasteiger partial charge in [-0.25, -0.2) is 0 Å². The number of rotatable bonds is 3. The van der Waals surface area contributed by atoms with Gasteiger partial charge in [0, 0.05) is 26.5 Å². The molecular formula is C8H13N3O. The number of hydrogen-bond donors (Lipinski definition) is 1. The highest BCUT2D eigenvalue weighted by Crippen LogP contribution is 1.85. The van der Waals surface area contributed by atoms with Crippen LogP contribution in [0.5, 0.6) is 0 Å². The Balaban J connectivity index is 2.32. The van der Waals surface area contributed by atoms with Gasteiger partial charge in [0.1, 0.15) is 6.54 Å². The van der Waals surface area contributed by atoms with E-state index in [1.165, 1.54) is 0 Å². The van der Waals surface area contributed by atoms with Crippen molar-refractivity contribution < 1.29 is 4.79 Å². The van der Waals surface area contributed by atoms with Crippen LogP contribution < -0.4 is 5.43 Å². The van der Waals surface area contributed by atoms with Gasteiger partial charge in [0.05, 0.1) is 0 Å². The first-order valence-corrected chi connectivity index (χ1v) is 3.77. The summed E-state index contributed by atoms with van der Waals surface area (Å²) in [7, 11) is 3.47. The second-order valence-corrected chi connectivity index (χ2v) is 2.71. The van der Waals surface area contributed by atoms with E-state index in [0.717, 1.165) is 0 Å². The summed E-state index contributed by atoms with van der Waals surface area (Å²) in [5, 5.41) is 0. The molecule has 1 N–H and O–H groups in total. The number of amides is 1. The number of hydrogen-bond acceptors (Lipinski definition) is 2. The van der Waals surface area contributed by atoms with E-state index in [9.17, 15) is 4.79 Å². The van der Waals surface area contributed by atoms with Crippen molar-refractivity contribution in [2.24, 2.45) is 0 Å². The molecule has 12 heavy (non-hydrogen) atoms. The molecule has 0 radical (unpaired) electrons. The van der Waals surface area contributed by atoms with Crippen LogP contribution >= 0.6 is 0 Å². The normalized spacial score (nSPS) is 9.50. The molecule has 0 aromatic carbocycles. The number of carbonyl (C=O) groups is 1. The highest BCUT2D eigenvalue weighted by atomic mass is 16.2. The molecule has 1 heterocycles. The molecule has 0 atom stereocenters. The lowest BCUT2D eigenvalue weighted by atomic mass is 10.6. The molecule has 66 valence electrons. The predicted octanol–water partition coefficient (Wildman–Crippen LogP) is 0.120. The van der Waals surface area contributed by atoms with E-state index in [-0.39, 0.29) is 5.91 Å². The first-order valence-electron chi connectivity index (χ1n) is 3.77. The van der Waals surface area contributed by atoms with E-state index in [2.05, 4.69) is 5.43 Å². The van der Waals surface area contributed by atoms with E-state index in [4.69, 9.17) is 0 Å². The number of carbonyl (C=O) groups excluding carboxylic acids is 1. The Bertz CT molecular complexity index is 241. The molecule has 1 rings (SSSR count). The van der Waals surface area contributed by atoms with Crippen LogP contribution in [0, 0.1) is 0 Å². The number of nitrogens with zero attached hydrogens (tertiary/aromatic N) is 2. The van der Waals surface area contributed by atoms with Crippen molar-refractivity contribution in [3.8, 4) is 0 Å². The quantitative estimate of drug-likeness (QED) is 0.694. The molecule has 0 aliphatic carbocycles. The lowest BCUT2D eigenvalue weighted by Crippen LogP contribution is -2.31. The Morgan fingerprint density at radius 3 is 2.50 bits per heavy atom. The van der Waals surface area contributed by atoms with Crippen LogP contribution in [0.1, 0.15) is 0 Å². The SMILES string of the molecule is CN(C)C(=O)CNn1cccc1.